The minimum absolute atomic E-state index is 0.323. The van der Waals surface area contributed by atoms with Gasteiger partial charge in [-0.15, -0.1) is 0 Å². The van der Waals surface area contributed by atoms with Crippen LogP contribution in [-0.4, -0.2) is 28.7 Å². The fraction of sp³-hybridized carbons (Fsp3) is 0.308. The van der Waals surface area contributed by atoms with Crippen molar-refractivity contribution < 1.29 is 18.3 Å². The van der Waals surface area contributed by atoms with Crippen LogP contribution >= 0.6 is 0 Å². The molecular formula is C13H13F2N3O2. The first-order chi connectivity index (χ1) is 9.53. The Bertz CT molecular complexity index is 576. The number of aromatic nitrogens is 3. The minimum Gasteiger partial charge on any atom is -0.437 e. The zero-order valence-corrected chi connectivity index (χ0v) is 11.0. The summed E-state index contributed by atoms with van der Waals surface area (Å²) in [6, 6.07) is 2.61. The first kappa shape index (κ1) is 14.3. The summed E-state index contributed by atoms with van der Waals surface area (Å²) in [6.45, 7) is 1.06. The van der Waals surface area contributed by atoms with E-state index in [-0.39, 0.29) is 5.69 Å². The quantitative estimate of drug-likeness (QED) is 0.843. The molecule has 0 saturated heterocycles. The topological polar surface area (TPSA) is 57.1 Å². The number of aryl methyl sites for hydroxylation is 1. The smallest absolute Gasteiger partial charge is 0.312 e. The van der Waals surface area contributed by atoms with Crippen molar-refractivity contribution in [2.75, 3.05) is 13.7 Å². The number of pyridine rings is 1. The van der Waals surface area contributed by atoms with Crippen LogP contribution < -0.4 is 4.74 Å². The maximum atomic E-state index is 13.5. The molecule has 2 heterocycles. The number of ether oxygens (including phenoxy) is 2. The molecule has 7 heteroatoms. The Balaban J connectivity index is 2.15. The molecule has 106 valence electrons. The average molecular weight is 281 g/mol. The summed E-state index contributed by atoms with van der Waals surface area (Å²) in [4.78, 5) is 11.5. The van der Waals surface area contributed by atoms with Gasteiger partial charge in [0.1, 0.15) is 24.4 Å². The van der Waals surface area contributed by atoms with Gasteiger partial charge < -0.3 is 9.47 Å². The second kappa shape index (κ2) is 5.87. The number of hydrogen-bond donors (Lipinski definition) is 0. The van der Waals surface area contributed by atoms with Crippen molar-refractivity contribution in [3.8, 4) is 11.6 Å². The molecule has 2 aromatic heterocycles. The molecule has 0 saturated carbocycles. The standard InChI is InChI=1S/C13H13F2N3O2/c1-9-5-16-8-18-12(9)20-10-3-4-11(17-6-10)13(14,15)7-19-2/h3-6,8H,7H2,1-2H3. The van der Waals surface area contributed by atoms with E-state index in [1.807, 2.05) is 0 Å². The van der Waals surface area contributed by atoms with E-state index >= 15 is 0 Å². The second-order valence-corrected chi connectivity index (χ2v) is 4.13. The third kappa shape index (κ3) is 3.24. The van der Waals surface area contributed by atoms with E-state index in [1.54, 1.807) is 13.1 Å². The number of methoxy groups -OCH3 is 1. The molecule has 0 aliphatic rings. The highest BCUT2D eigenvalue weighted by Gasteiger charge is 2.33. The van der Waals surface area contributed by atoms with Crippen LogP contribution in [0, 0.1) is 6.92 Å². The maximum Gasteiger partial charge on any atom is 0.312 e. The van der Waals surface area contributed by atoms with Gasteiger partial charge in [-0.1, -0.05) is 0 Å². The van der Waals surface area contributed by atoms with Gasteiger partial charge in [-0.2, -0.15) is 8.78 Å². The van der Waals surface area contributed by atoms with Crippen molar-refractivity contribution in [2.24, 2.45) is 0 Å². The van der Waals surface area contributed by atoms with Crippen LogP contribution in [0.3, 0.4) is 0 Å². The summed E-state index contributed by atoms with van der Waals surface area (Å²) in [7, 11) is 1.21. The lowest BCUT2D eigenvalue weighted by Gasteiger charge is -2.14. The highest BCUT2D eigenvalue weighted by Crippen LogP contribution is 2.28. The van der Waals surface area contributed by atoms with Gasteiger partial charge in [0.15, 0.2) is 0 Å². The van der Waals surface area contributed by atoms with E-state index in [4.69, 9.17) is 4.74 Å². The minimum atomic E-state index is -3.13. The highest BCUT2D eigenvalue weighted by atomic mass is 19.3. The van der Waals surface area contributed by atoms with Gasteiger partial charge in [-0.05, 0) is 19.1 Å². The number of rotatable bonds is 5. The Morgan fingerprint density at radius 3 is 2.60 bits per heavy atom. The molecule has 0 aromatic carbocycles. The van der Waals surface area contributed by atoms with Gasteiger partial charge in [0.05, 0.1) is 6.20 Å². The summed E-state index contributed by atoms with van der Waals surface area (Å²) < 4.78 is 37.0. The monoisotopic (exact) mass is 281 g/mol. The number of hydrogen-bond acceptors (Lipinski definition) is 5. The summed E-state index contributed by atoms with van der Waals surface area (Å²) in [6.07, 6.45) is 4.16. The third-order valence-corrected chi connectivity index (χ3v) is 2.50. The van der Waals surface area contributed by atoms with Crippen molar-refractivity contribution in [3.05, 3.63) is 42.1 Å². The predicted molar refractivity (Wildman–Crippen MR) is 66.9 cm³/mol. The van der Waals surface area contributed by atoms with E-state index in [2.05, 4.69) is 19.7 Å². The Hall–Kier alpha value is -2.15. The molecule has 0 aliphatic heterocycles. The van der Waals surface area contributed by atoms with Crippen LogP contribution in [0.25, 0.3) is 0 Å². The van der Waals surface area contributed by atoms with Crippen molar-refractivity contribution in [3.63, 3.8) is 0 Å². The molecule has 0 bridgehead atoms. The van der Waals surface area contributed by atoms with Crippen LogP contribution in [-0.2, 0) is 10.7 Å². The van der Waals surface area contributed by atoms with E-state index in [0.29, 0.717) is 11.6 Å². The highest BCUT2D eigenvalue weighted by molar-refractivity contribution is 5.29. The lowest BCUT2D eigenvalue weighted by molar-refractivity contribution is -0.0731. The van der Waals surface area contributed by atoms with Crippen molar-refractivity contribution in [1.29, 1.82) is 0 Å². The maximum absolute atomic E-state index is 13.5. The molecule has 0 N–H and O–H groups in total. The second-order valence-electron chi connectivity index (χ2n) is 4.13. The van der Waals surface area contributed by atoms with Gasteiger partial charge in [0.2, 0.25) is 5.88 Å². The fourth-order valence-electron chi connectivity index (χ4n) is 1.52. The van der Waals surface area contributed by atoms with Gasteiger partial charge in [-0.25, -0.2) is 9.97 Å². The molecule has 0 atom stereocenters. The Morgan fingerprint density at radius 1 is 1.20 bits per heavy atom. The lowest BCUT2D eigenvalue weighted by Crippen LogP contribution is -2.21. The van der Waals surface area contributed by atoms with Gasteiger partial charge >= 0.3 is 5.92 Å². The summed E-state index contributed by atoms with van der Waals surface area (Å²) in [5.74, 6) is -2.44. The Kier molecular flexibility index (Phi) is 4.19. The molecule has 5 nitrogen and oxygen atoms in total. The van der Waals surface area contributed by atoms with Gasteiger partial charge in [-0.3, -0.25) is 4.98 Å². The van der Waals surface area contributed by atoms with Crippen LogP contribution in [0.2, 0.25) is 0 Å². The van der Waals surface area contributed by atoms with Crippen LogP contribution in [0.5, 0.6) is 11.6 Å². The summed E-state index contributed by atoms with van der Waals surface area (Å²) in [5, 5.41) is 0. The summed E-state index contributed by atoms with van der Waals surface area (Å²) in [5.41, 5.74) is 0.368. The van der Waals surface area contributed by atoms with E-state index < -0.39 is 12.5 Å². The zero-order valence-electron chi connectivity index (χ0n) is 11.0. The molecular weight excluding hydrogens is 268 g/mol. The van der Waals surface area contributed by atoms with Crippen molar-refractivity contribution in [1.82, 2.24) is 15.0 Å². The first-order valence-corrected chi connectivity index (χ1v) is 5.80. The number of alkyl halides is 2. The van der Waals surface area contributed by atoms with E-state index in [1.165, 1.54) is 31.8 Å². The van der Waals surface area contributed by atoms with Crippen molar-refractivity contribution >= 4 is 0 Å². The SMILES string of the molecule is COCC(F)(F)c1ccc(Oc2ncncc2C)cn1. The largest absolute Gasteiger partial charge is 0.437 e. The molecule has 2 aromatic rings. The van der Waals surface area contributed by atoms with Crippen LogP contribution in [0.15, 0.2) is 30.9 Å². The third-order valence-electron chi connectivity index (χ3n) is 2.50. The van der Waals surface area contributed by atoms with Crippen molar-refractivity contribution in [2.45, 2.75) is 12.8 Å². The van der Waals surface area contributed by atoms with Crippen LogP contribution in [0.1, 0.15) is 11.3 Å². The van der Waals surface area contributed by atoms with E-state index in [9.17, 15) is 8.78 Å². The number of nitrogens with zero attached hydrogens (tertiary/aromatic N) is 3. The fourth-order valence-corrected chi connectivity index (χ4v) is 1.52. The van der Waals surface area contributed by atoms with Gasteiger partial charge in [0, 0.05) is 18.9 Å². The van der Waals surface area contributed by atoms with Gasteiger partial charge in [0.25, 0.3) is 0 Å². The van der Waals surface area contributed by atoms with E-state index in [0.717, 1.165) is 5.56 Å². The normalized spacial score (nSPS) is 11.4. The molecule has 20 heavy (non-hydrogen) atoms. The Labute approximate surface area is 114 Å². The molecule has 0 unspecified atom stereocenters. The predicted octanol–water partition coefficient (Wildman–Crippen LogP) is 2.71. The molecule has 0 amide bonds. The average Bonchev–Trinajstić information content (AvgIpc) is 2.42. The summed E-state index contributed by atoms with van der Waals surface area (Å²) >= 11 is 0. The van der Waals surface area contributed by atoms with Crippen LogP contribution in [0.4, 0.5) is 8.78 Å². The molecule has 0 aliphatic carbocycles. The molecule has 2 rings (SSSR count). The molecule has 0 spiro atoms. The Morgan fingerprint density at radius 2 is 2.00 bits per heavy atom. The number of halogens is 2. The molecule has 0 radical (unpaired) electrons. The zero-order chi connectivity index (χ0) is 14.6. The first-order valence-electron chi connectivity index (χ1n) is 5.80. The molecule has 0 fully saturated rings. The lowest BCUT2D eigenvalue weighted by atomic mass is 10.2.